The molecule has 1 aliphatic rings. The maximum atomic E-state index is 13.1. The van der Waals surface area contributed by atoms with Crippen LogP contribution in [0.3, 0.4) is 0 Å². The number of benzene rings is 1. The average molecular weight is 328 g/mol. The maximum absolute atomic E-state index is 13.1. The van der Waals surface area contributed by atoms with Gasteiger partial charge in [0.15, 0.2) is 0 Å². The third kappa shape index (κ3) is 4.27. The van der Waals surface area contributed by atoms with Crippen molar-refractivity contribution in [2.75, 3.05) is 19.6 Å². The topological polar surface area (TPSA) is 49.4 Å². The van der Waals surface area contributed by atoms with Crippen LogP contribution >= 0.6 is 0 Å². The Balaban J connectivity index is 2.00. The third-order valence-electron chi connectivity index (χ3n) is 4.31. The summed E-state index contributed by atoms with van der Waals surface area (Å²) in [7, 11) is -3.60. The Hall–Kier alpha value is -0.980. The predicted molar refractivity (Wildman–Crippen MR) is 85.8 cm³/mol. The van der Waals surface area contributed by atoms with Crippen molar-refractivity contribution >= 4 is 10.0 Å². The summed E-state index contributed by atoms with van der Waals surface area (Å²) in [5.41, 5.74) is 0.423. The van der Waals surface area contributed by atoms with Crippen LogP contribution in [0.5, 0.6) is 0 Å². The zero-order valence-electron chi connectivity index (χ0n) is 13.5. The lowest BCUT2D eigenvalue weighted by molar-refractivity contribution is 0.140. The van der Waals surface area contributed by atoms with Crippen molar-refractivity contribution in [3.63, 3.8) is 0 Å². The number of hydrogen-bond acceptors (Lipinski definition) is 3. The molecule has 4 nitrogen and oxygen atoms in total. The molecule has 0 radical (unpaired) electrons. The van der Waals surface area contributed by atoms with Crippen LogP contribution in [0.4, 0.5) is 4.39 Å². The van der Waals surface area contributed by atoms with Gasteiger partial charge in [-0.05, 0) is 62.9 Å². The number of sulfonamides is 1. The minimum atomic E-state index is -3.60. The Morgan fingerprint density at radius 2 is 2.18 bits per heavy atom. The molecule has 1 aromatic carbocycles. The van der Waals surface area contributed by atoms with Crippen LogP contribution in [0.1, 0.15) is 32.3 Å². The van der Waals surface area contributed by atoms with Crippen molar-refractivity contribution in [2.24, 2.45) is 5.92 Å². The van der Waals surface area contributed by atoms with Crippen LogP contribution in [0.2, 0.25) is 0 Å². The first-order chi connectivity index (χ1) is 10.3. The van der Waals surface area contributed by atoms with E-state index in [1.54, 1.807) is 6.92 Å². The summed E-state index contributed by atoms with van der Waals surface area (Å²) in [6, 6.07) is 3.89. The van der Waals surface area contributed by atoms with Crippen LogP contribution in [0, 0.1) is 18.7 Å². The summed E-state index contributed by atoms with van der Waals surface area (Å²) in [5, 5.41) is 0. The minimum Gasteiger partial charge on any atom is -0.299 e. The zero-order valence-corrected chi connectivity index (χ0v) is 14.3. The van der Waals surface area contributed by atoms with E-state index in [1.807, 2.05) is 6.92 Å². The summed E-state index contributed by atoms with van der Waals surface area (Å²) in [4.78, 5) is 2.47. The van der Waals surface area contributed by atoms with E-state index >= 15 is 0 Å². The van der Waals surface area contributed by atoms with Gasteiger partial charge < -0.3 is 0 Å². The highest BCUT2D eigenvalue weighted by Crippen LogP contribution is 2.19. The number of hydrogen-bond donors (Lipinski definition) is 1. The molecule has 124 valence electrons. The number of piperidine rings is 1. The van der Waals surface area contributed by atoms with E-state index in [2.05, 4.69) is 16.5 Å². The van der Waals surface area contributed by atoms with Crippen LogP contribution in [0.25, 0.3) is 0 Å². The monoisotopic (exact) mass is 328 g/mol. The number of aryl methyl sites for hydroxylation is 1. The molecule has 1 aliphatic heterocycles. The number of likely N-dealkylation sites (tertiary alicyclic amines) is 1. The second-order valence-corrected chi connectivity index (χ2v) is 8.09. The Morgan fingerprint density at radius 1 is 1.45 bits per heavy atom. The van der Waals surface area contributed by atoms with Crippen LogP contribution in [0.15, 0.2) is 23.1 Å². The molecule has 6 heteroatoms. The molecule has 0 aromatic heterocycles. The van der Waals surface area contributed by atoms with Crippen LogP contribution in [-0.4, -0.2) is 39.0 Å². The normalized spacial score (nSPS) is 21.7. The molecule has 0 bridgehead atoms. The predicted octanol–water partition coefficient (Wildman–Crippen LogP) is 2.53. The van der Waals surface area contributed by atoms with Gasteiger partial charge >= 0.3 is 0 Å². The lowest BCUT2D eigenvalue weighted by atomic mass is 9.99. The lowest BCUT2D eigenvalue weighted by Crippen LogP contribution is -2.46. The fraction of sp³-hybridized carbons (Fsp3) is 0.625. The van der Waals surface area contributed by atoms with Crippen molar-refractivity contribution in [3.05, 3.63) is 29.6 Å². The molecule has 0 aliphatic carbocycles. The molecule has 1 N–H and O–H groups in total. The minimum absolute atomic E-state index is 0.146. The molecule has 1 aromatic rings. The first-order valence-corrected chi connectivity index (χ1v) is 9.28. The highest BCUT2D eigenvalue weighted by Gasteiger charge is 2.23. The van der Waals surface area contributed by atoms with Gasteiger partial charge in [-0.15, -0.1) is 0 Å². The van der Waals surface area contributed by atoms with E-state index in [0.29, 0.717) is 18.0 Å². The molecule has 2 atom stereocenters. The van der Waals surface area contributed by atoms with Crippen LogP contribution < -0.4 is 4.72 Å². The average Bonchev–Trinajstić information content (AvgIpc) is 2.44. The molecular formula is C16H25FN2O2S. The van der Waals surface area contributed by atoms with Crippen LogP contribution in [-0.2, 0) is 10.0 Å². The van der Waals surface area contributed by atoms with E-state index in [4.69, 9.17) is 0 Å². The third-order valence-corrected chi connectivity index (χ3v) is 5.89. The SMILES string of the molecule is Cc1cc(F)ccc1S(=O)(=O)NC[C@@H](C)N1CCC[C@H](C)C1. The van der Waals surface area contributed by atoms with Crippen molar-refractivity contribution in [2.45, 2.75) is 44.6 Å². The van der Waals surface area contributed by atoms with Gasteiger partial charge in [-0.25, -0.2) is 17.5 Å². The molecule has 22 heavy (non-hydrogen) atoms. The van der Waals surface area contributed by atoms with Gasteiger partial charge in [0.25, 0.3) is 0 Å². The fourth-order valence-corrected chi connectivity index (χ4v) is 4.32. The van der Waals surface area contributed by atoms with E-state index in [9.17, 15) is 12.8 Å². The van der Waals surface area contributed by atoms with Gasteiger partial charge in [-0.1, -0.05) is 6.92 Å². The maximum Gasteiger partial charge on any atom is 0.240 e. The van der Waals surface area contributed by atoms with Gasteiger partial charge in [0.05, 0.1) is 4.90 Å². The Bertz CT molecular complexity index is 619. The lowest BCUT2D eigenvalue weighted by Gasteiger charge is -2.35. The smallest absolute Gasteiger partial charge is 0.240 e. The van der Waals surface area contributed by atoms with Gasteiger partial charge in [0, 0.05) is 19.1 Å². The number of nitrogens with one attached hydrogen (secondary N) is 1. The Kier molecular flexibility index (Phi) is 5.58. The summed E-state index contributed by atoms with van der Waals surface area (Å²) >= 11 is 0. The van der Waals surface area contributed by atoms with Crippen molar-refractivity contribution in [1.82, 2.24) is 9.62 Å². The van der Waals surface area contributed by atoms with Crippen molar-refractivity contribution < 1.29 is 12.8 Å². The summed E-state index contributed by atoms with van der Waals surface area (Å²) in [6.07, 6.45) is 2.40. The van der Waals surface area contributed by atoms with E-state index in [1.165, 1.54) is 24.6 Å². The highest BCUT2D eigenvalue weighted by molar-refractivity contribution is 7.89. The molecule has 1 saturated heterocycles. The Morgan fingerprint density at radius 3 is 2.82 bits per heavy atom. The van der Waals surface area contributed by atoms with E-state index < -0.39 is 15.8 Å². The fourth-order valence-electron chi connectivity index (χ4n) is 2.98. The second-order valence-electron chi connectivity index (χ2n) is 6.35. The van der Waals surface area contributed by atoms with Crippen molar-refractivity contribution in [1.29, 1.82) is 0 Å². The van der Waals surface area contributed by atoms with Gasteiger partial charge in [-0.3, -0.25) is 4.90 Å². The molecular weight excluding hydrogens is 303 g/mol. The summed E-state index contributed by atoms with van der Waals surface area (Å²) in [5.74, 6) is 0.235. The molecule has 1 fully saturated rings. The molecule has 0 amide bonds. The number of nitrogens with zero attached hydrogens (tertiary/aromatic N) is 1. The molecule has 0 saturated carbocycles. The molecule has 0 unspecified atom stereocenters. The zero-order chi connectivity index (χ0) is 16.3. The summed E-state index contributed by atoms with van der Waals surface area (Å²) < 4.78 is 40.5. The van der Waals surface area contributed by atoms with Gasteiger partial charge in [0.1, 0.15) is 5.82 Å². The number of halogens is 1. The Labute approximate surface area is 132 Å². The molecule has 0 spiro atoms. The second kappa shape index (κ2) is 7.06. The number of rotatable bonds is 5. The highest BCUT2D eigenvalue weighted by atomic mass is 32.2. The summed E-state index contributed by atoms with van der Waals surface area (Å²) in [6.45, 7) is 8.27. The standard InChI is InChI=1S/C16H25FN2O2S/c1-12-5-4-8-19(11-12)14(3)10-18-22(20,21)16-7-6-15(17)9-13(16)2/h6-7,9,12,14,18H,4-5,8,10-11H2,1-3H3/t12-,14+/m0/s1. The van der Waals surface area contributed by atoms with E-state index in [-0.39, 0.29) is 10.9 Å². The van der Waals surface area contributed by atoms with Gasteiger partial charge in [-0.2, -0.15) is 0 Å². The largest absolute Gasteiger partial charge is 0.299 e. The molecule has 1 heterocycles. The molecule has 2 rings (SSSR count). The first-order valence-electron chi connectivity index (χ1n) is 7.79. The first kappa shape index (κ1) is 17.4. The van der Waals surface area contributed by atoms with E-state index in [0.717, 1.165) is 19.5 Å². The van der Waals surface area contributed by atoms with Crippen molar-refractivity contribution in [3.8, 4) is 0 Å². The quantitative estimate of drug-likeness (QED) is 0.903. The van der Waals surface area contributed by atoms with Gasteiger partial charge in [0.2, 0.25) is 10.0 Å².